The average molecular weight is 434 g/mol. The van der Waals surface area contributed by atoms with Crippen LogP contribution in [0.25, 0.3) is 0 Å². The van der Waals surface area contributed by atoms with Gasteiger partial charge in [-0.2, -0.15) is 0 Å². The van der Waals surface area contributed by atoms with Crippen LogP contribution >= 0.6 is 11.6 Å². The molecule has 1 aliphatic heterocycles. The van der Waals surface area contributed by atoms with Crippen LogP contribution in [-0.2, 0) is 9.59 Å². The molecule has 0 aliphatic carbocycles. The van der Waals surface area contributed by atoms with E-state index in [4.69, 9.17) is 11.6 Å². The third-order valence-corrected chi connectivity index (χ3v) is 5.28. The maximum Gasteiger partial charge on any atom is 0.259 e. The first-order chi connectivity index (χ1) is 14.9. The minimum Gasteiger partial charge on any atom is -0.326 e. The first-order valence-corrected chi connectivity index (χ1v) is 10.2. The Labute approximate surface area is 184 Å². The smallest absolute Gasteiger partial charge is 0.259 e. The Morgan fingerprint density at radius 3 is 2.52 bits per heavy atom. The van der Waals surface area contributed by atoms with E-state index in [0.717, 1.165) is 5.56 Å². The highest BCUT2D eigenvalue weighted by atomic mass is 35.5. The number of para-hydroxylation sites is 2. The van der Waals surface area contributed by atoms with Gasteiger partial charge in [0.05, 0.1) is 17.8 Å². The topological polar surface area (TPSA) is 78.5 Å². The van der Waals surface area contributed by atoms with E-state index in [0.29, 0.717) is 27.6 Å². The van der Waals surface area contributed by atoms with Gasteiger partial charge in [0, 0.05) is 16.3 Å². The van der Waals surface area contributed by atoms with Crippen molar-refractivity contribution in [3.63, 3.8) is 0 Å². The predicted molar refractivity (Wildman–Crippen MR) is 122 cm³/mol. The van der Waals surface area contributed by atoms with E-state index in [2.05, 4.69) is 10.6 Å². The quantitative estimate of drug-likeness (QED) is 0.628. The summed E-state index contributed by atoms with van der Waals surface area (Å²) < 4.78 is 0. The van der Waals surface area contributed by atoms with Crippen molar-refractivity contribution < 1.29 is 14.4 Å². The highest BCUT2D eigenvalue weighted by Gasteiger charge is 2.38. The van der Waals surface area contributed by atoms with Gasteiger partial charge < -0.3 is 10.6 Å². The van der Waals surface area contributed by atoms with Crippen LogP contribution in [0.3, 0.4) is 0 Å². The third-order valence-electron chi connectivity index (χ3n) is 5.03. The minimum atomic E-state index is -0.991. The number of nitrogens with zero attached hydrogens (tertiary/aromatic N) is 1. The van der Waals surface area contributed by atoms with Crippen molar-refractivity contribution in [2.75, 3.05) is 15.5 Å². The molecule has 4 rings (SSSR count). The molecule has 2 N–H and O–H groups in total. The number of rotatable bonds is 4. The summed E-state index contributed by atoms with van der Waals surface area (Å²) in [5.74, 6) is -1.13. The Hall–Kier alpha value is -3.64. The lowest BCUT2D eigenvalue weighted by Gasteiger charge is -2.36. The van der Waals surface area contributed by atoms with Crippen molar-refractivity contribution in [2.45, 2.75) is 19.4 Å². The zero-order valence-corrected chi connectivity index (χ0v) is 17.5. The van der Waals surface area contributed by atoms with E-state index in [1.165, 1.54) is 4.90 Å². The van der Waals surface area contributed by atoms with E-state index in [-0.39, 0.29) is 18.2 Å². The van der Waals surface area contributed by atoms with Crippen molar-refractivity contribution in [1.82, 2.24) is 0 Å². The molecule has 0 unspecified atom stereocenters. The average Bonchev–Trinajstić information content (AvgIpc) is 2.75. The Bertz CT molecular complexity index is 1160. The SMILES string of the molecule is Cc1cccc(C(=O)N2c3ccccc3NC(=O)[C@@H]2CC(=O)Nc2ccc(Cl)cc2)c1. The van der Waals surface area contributed by atoms with E-state index >= 15 is 0 Å². The molecule has 7 heteroatoms. The second-order valence-electron chi connectivity index (χ2n) is 7.33. The normalized spacial score (nSPS) is 15.1. The van der Waals surface area contributed by atoms with Crippen molar-refractivity contribution in [2.24, 2.45) is 0 Å². The van der Waals surface area contributed by atoms with Crippen molar-refractivity contribution in [3.8, 4) is 0 Å². The molecule has 0 saturated heterocycles. The number of fused-ring (bicyclic) bond motifs is 1. The summed E-state index contributed by atoms with van der Waals surface area (Å²) in [4.78, 5) is 40.5. The molecule has 3 aromatic rings. The number of carbonyl (C=O) groups is 3. The van der Waals surface area contributed by atoms with Gasteiger partial charge in [0.1, 0.15) is 6.04 Å². The van der Waals surface area contributed by atoms with Crippen LogP contribution in [0.15, 0.2) is 72.8 Å². The van der Waals surface area contributed by atoms with Crippen LogP contribution in [0, 0.1) is 6.92 Å². The Balaban J connectivity index is 1.65. The lowest BCUT2D eigenvalue weighted by molar-refractivity contribution is -0.122. The van der Waals surface area contributed by atoms with E-state index in [1.807, 2.05) is 13.0 Å². The third kappa shape index (κ3) is 4.44. The number of amides is 3. The molecule has 156 valence electrons. The molecule has 3 amide bonds. The standard InChI is InChI=1S/C24H20ClN3O3/c1-15-5-4-6-16(13-15)24(31)28-20-8-3-2-7-19(20)27-23(30)21(28)14-22(29)26-18-11-9-17(25)10-12-18/h2-13,21H,14H2,1H3,(H,26,29)(H,27,30)/t21-/m0/s1. The first-order valence-electron chi connectivity index (χ1n) is 9.78. The van der Waals surface area contributed by atoms with Gasteiger partial charge in [0.25, 0.3) is 5.91 Å². The molecule has 0 bridgehead atoms. The van der Waals surface area contributed by atoms with Gasteiger partial charge in [0.15, 0.2) is 0 Å². The van der Waals surface area contributed by atoms with Crippen LogP contribution in [0.5, 0.6) is 0 Å². The zero-order chi connectivity index (χ0) is 22.0. The second kappa shape index (κ2) is 8.62. The fraction of sp³-hybridized carbons (Fsp3) is 0.125. The van der Waals surface area contributed by atoms with Crippen molar-refractivity contribution >= 4 is 46.4 Å². The maximum atomic E-state index is 13.4. The zero-order valence-electron chi connectivity index (χ0n) is 16.8. The number of halogens is 1. The van der Waals surface area contributed by atoms with Gasteiger partial charge in [0.2, 0.25) is 11.8 Å². The summed E-state index contributed by atoms with van der Waals surface area (Å²) >= 11 is 5.88. The molecule has 1 atom stereocenters. The van der Waals surface area contributed by atoms with Crippen LogP contribution < -0.4 is 15.5 Å². The van der Waals surface area contributed by atoms with Gasteiger partial charge in [-0.15, -0.1) is 0 Å². The highest BCUT2D eigenvalue weighted by Crippen LogP contribution is 2.34. The largest absolute Gasteiger partial charge is 0.326 e. The van der Waals surface area contributed by atoms with Crippen LogP contribution in [0.2, 0.25) is 5.02 Å². The lowest BCUT2D eigenvalue weighted by Crippen LogP contribution is -2.52. The van der Waals surface area contributed by atoms with Crippen LogP contribution in [-0.4, -0.2) is 23.8 Å². The minimum absolute atomic E-state index is 0.194. The second-order valence-corrected chi connectivity index (χ2v) is 7.76. The molecule has 0 radical (unpaired) electrons. The summed E-state index contributed by atoms with van der Waals surface area (Å²) in [7, 11) is 0. The van der Waals surface area contributed by atoms with E-state index in [9.17, 15) is 14.4 Å². The molecule has 0 saturated carbocycles. The summed E-state index contributed by atoms with van der Waals surface area (Å²) in [5.41, 5.74) is 3.02. The van der Waals surface area contributed by atoms with E-state index < -0.39 is 11.9 Å². The molecular weight excluding hydrogens is 414 g/mol. The predicted octanol–water partition coefficient (Wildman–Crippen LogP) is 4.64. The number of carbonyl (C=O) groups excluding carboxylic acids is 3. The van der Waals surface area contributed by atoms with Gasteiger partial charge in [-0.3, -0.25) is 19.3 Å². The molecule has 1 aliphatic rings. The molecule has 0 spiro atoms. The van der Waals surface area contributed by atoms with Gasteiger partial charge in [-0.1, -0.05) is 41.4 Å². The van der Waals surface area contributed by atoms with Gasteiger partial charge >= 0.3 is 0 Å². The summed E-state index contributed by atoms with van der Waals surface area (Å²) in [6.07, 6.45) is -0.194. The molecule has 0 fully saturated rings. The number of benzene rings is 3. The maximum absolute atomic E-state index is 13.4. The van der Waals surface area contributed by atoms with Gasteiger partial charge in [-0.25, -0.2) is 0 Å². The van der Waals surface area contributed by atoms with Crippen molar-refractivity contribution in [1.29, 1.82) is 0 Å². The number of aryl methyl sites for hydroxylation is 1. The van der Waals surface area contributed by atoms with Crippen LogP contribution in [0.4, 0.5) is 17.1 Å². The Kier molecular flexibility index (Phi) is 5.73. The monoisotopic (exact) mass is 433 g/mol. The highest BCUT2D eigenvalue weighted by molar-refractivity contribution is 6.30. The molecule has 6 nitrogen and oxygen atoms in total. The Morgan fingerprint density at radius 2 is 1.77 bits per heavy atom. The van der Waals surface area contributed by atoms with Crippen LogP contribution in [0.1, 0.15) is 22.3 Å². The number of hydrogen-bond donors (Lipinski definition) is 2. The summed E-state index contributed by atoms with van der Waals surface area (Å²) in [6.45, 7) is 1.89. The summed E-state index contributed by atoms with van der Waals surface area (Å²) in [5, 5.41) is 6.11. The number of anilines is 3. The Morgan fingerprint density at radius 1 is 1.03 bits per heavy atom. The van der Waals surface area contributed by atoms with Crippen molar-refractivity contribution in [3.05, 3.63) is 88.9 Å². The molecule has 0 aromatic heterocycles. The fourth-order valence-electron chi connectivity index (χ4n) is 3.56. The molecule has 3 aromatic carbocycles. The van der Waals surface area contributed by atoms with E-state index in [1.54, 1.807) is 66.7 Å². The molecule has 31 heavy (non-hydrogen) atoms. The van der Waals surface area contributed by atoms with Gasteiger partial charge in [-0.05, 0) is 55.5 Å². The fourth-order valence-corrected chi connectivity index (χ4v) is 3.69. The molecule has 1 heterocycles. The number of nitrogens with one attached hydrogen (secondary N) is 2. The number of hydrogen-bond acceptors (Lipinski definition) is 3. The molecular formula is C24H20ClN3O3. The first kappa shape index (κ1) is 20.6. The summed E-state index contributed by atoms with van der Waals surface area (Å²) in [6, 6.07) is 19.9. The lowest BCUT2D eigenvalue weighted by atomic mass is 10.0.